The van der Waals surface area contributed by atoms with Crippen LogP contribution in [-0.4, -0.2) is 23.0 Å². The van der Waals surface area contributed by atoms with Crippen molar-refractivity contribution in [3.63, 3.8) is 0 Å². The fourth-order valence-corrected chi connectivity index (χ4v) is 5.41. The summed E-state index contributed by atoms with van der Waals surface area (Å²) in [5, 5.41) is 8.00. The highest BCUT2D eigenvalue weighted by Crippen LogP contribution is 2.29. The van der Waals surface area contributed by atoms with E-state index in [4.69, 9.17) is 11.6 Å². The van der Waals surface area contributed by atoms with Crippen LogP contribution in [0, 0.1) is 9.39 Å². The molecule has 0 aliphatic carbocycles. The molecule has 0 aromatic heterocycles. The molecule has 0 bridgehead atoms. The summed E-state index contributed by atoms with van der Waals surface area (Å²) in [6.45, 7) is 1.93. The van der Waals surface area contributed by atoms with Crippen molar-refractivity contribution < 1.29 is 18.8 Å². The second-order valence-electron chi connectivity index (χ2n) is 9.01. The zero-order valence-corrected chi connectivity index (χ0v) is 26.1. The second-order valence-corrected chi connectivity index (χ2v) is 11.9. The van der Waals surface area contributed by atoms with Crippen LogP contribution in [0.1, 0.15) is 29.3 Å². The average Bonchev–Trinajstić information content (AvgIpc) is 2.99. The van der Waals surface area contributed by atoms with Crippen LogP contribution in [0.2, 0.25) is 5.02 Å². The highest BCUT2D eigenvalue weighted by atomic mass is 127. The van der Waals surface area contributed by atoms with Gasteiger partial charge in [-0.05, 0) is 102 Å². The Labute approximate surface area is 266 Å². The lowest BCUT2D eigenvalue weighted by Crippen LogP contribution is -2.30. The van der Waals surface area contributed by atoms with Crippen molar-refractivity contribution in [1.29, 1.82) is 0 Å². The van der Waals surface area contributed by atoms with E-state index < -0.39 is 17.6 Å². The van der Waals surface area contributed by atoms with Gasteiger partial charge in [0, 0.05) is 31.0 Å². The molecule has 0 aliphatic heterocycles. The predicted octanol–water partition coefficient (Wildman–Crippen LogP) is 8.00. The van der Waals surface area contributed by atoms with Gasteiger partial charge in [-0.25, -0.2) is 4.39 Å². The Hall–Kier alpha value is -3.67. The number of benzene rings is 4. The summed E-state index contributed by atoms with van der Waals surface area (Å²) in [6, 6.07) is 27.0. The summed E-state index contributed by atoms with van der Waals surface area (Å²) in [6.07, 6.45) is 1.79. The number of carbonyl (C=O) groups is 3. The molecule has 0 heterocycles. The van der Waals surface area contributed by atoms with E-state index in [1.165, 1.54) is 36.0 Å². The van der Waals surface area contributed by atoms with Gasteiger partial charge >= 0.3 is 0 Å². The van der Waals surface area contributed by atoms with Gasteiger partial charge in [0.05, 0.1) is 10.3 Å². The van der Waals surface area contributed by atoms with Gasteiger partial charge in [0.1, 0.15) is 11.5 Å². The lowest BCUT2D eigenvalue weighted by atomic mass is 10.1. The van der Waals surface area contributed by atoms with Crippen LogP contribution in [0.25, 0.3) is 6.08 Å². The molecule has 4 aromatic carbocycles. The molecule has 0 fully saturated rings. The van der Waals surface area contributed by atoms with Gasteiger partial charge in [-0.15, -0.1) is 11.8 Å². The molecule has 214 valence electrons. The summed E-state index contributed by atoms with van der Waals surface area (Å²) in [7, 11) is 0. The number of carbonyl (C=O) groups excluding carboxylic acids is 3. The molecule has 0 aliphatic rings. The zero-order valence-electron chi connectivity index (χ0n) is 22.4. The topological polar surface area (TPSA) is 87.3 Å². The quantitative estimate of drug-likeness (QED) is 0.0884. The summed E-state index contributed by atoms with van der Waals surface area (Å²) in [5.74, 6) is -1.99. The number of thioether (sulfide) groups is 1. The van der Waals surface area contributed by atoms with E-state index in [1.54, 1.807) is 48.5 Å². The third-order valence-corrected chi connectivity index (χ3v) is 8.37. The standard InChI is InChI=1S/C32H26ClFIN3O3S/c1-2-29(32(41)36-22-16-14-21(35)15-17-22)42-24-11-6-10-23(18-24)37-31(40)28(19-25-26(33)12-7-13-27(25)34)38-30(39)20-8-4-3-5-9-20/h3-19,29H,2H2,1H3,(H,36,41)(H,37,40)(H,38,39)/b28-19+. The molecule has 42 heavy (non-hydrogen) atoms. The van der Waals surface area contributed by atoms with Crippen LogP contribution in [0.5, 0.6) is 0 Å². The van der Waals surface area contributed by atoms with Gasteiger partial charge < -0.3 is 16.0 Å². The monoisotopic (exact) mass is 713 g/mol. The smallest absolute Gasteiger partial charge is 0.272 e. The largest absolute Gasteiger partial charge is 0.325 e. The van der Waals surface area contributed by atoms with Crippen molar-refractivity contribution in [3.8, 4) is 0 Å². The van der Waals surface area contributed by atoms with Gasteiger partial charge in [0.25, 0.3) is 11.8 Å². The molecule has 3 amide bonds. The maximum absolute atomic E-state index is 14.6. The average molecular weight is 714 g/mol. The van der Waals surface area contributed by atoms with Crippen LogP contribution >= 0.6 is 46.0 Å². The lowest BCUT2D eigenvalue weighted by molar-refractivity contribution is -0.116. The molecule has 10 heteroatoms. The van der Waals surface area contributed by atoms with Crippen LogP contribution in [0.15, 0.2) is 108 Å². The summed E-state index contributed by atoms with van der Waals surface area (Å²) in [4.78, 5) is 40.0. The van der Waals surface area contributed by atoms with Gasteiger partial charge in [-0.1, -0.05) is 48.9 Å². The molecule has 1 unspecified atom stereocenters. The third kappa shape index (κ3) is 8.67. The van der Waals surface area contributed by atoms with Crippen molar-refractivity contribution in [2.45, 2.75) is 23.5 Å². The fraction of sp³-hybridized carbons (Fsp3) is 0.0938. The van der Waals surface area contributed by atoms with Crippen molar-refractivity contribution in [1.82, 2.24) is 5.32 Å². The minimum atomic E-state index is -0.677. The molecule has 0 spiro atoms. The molecule has 3 N–H and O–H groups in total. The predicted molar refractivity (Wildman–Crippen MR) is 176 cm³/mol. The van der Waals surface area contributed by atoms with E-state index in [-0.39, 0.29) is 27.4 Å². The molecule has 6 nitrogen and oxygen atoms in total. The number of halogens is 3. The first kappa shape index (κ1) is 31.3. The SMILES string of the molecule is CCC(Sc1cccc(NC(=O)/C(=C\c2c(F)cccc2Cl)NC(=O)c2ccccc2)c1)C(=O)Nc1ccc(I)cc1. The first-order chi connectivity index (χ1) is 20.2. The van der Waals surface area contributed by atoms with Gasteiger partial charge in [-0.3, -0.25) is 14.4 Å². The molecule has 0 saturated carbocycles. The van der Waals surface area contributed by atoms with Crippen LogP contribution in [-0.2, 0) is 9.59 Å². The Morgan fingerprint density at radius 2 is 1.62 bits per heavy atom. The number of anilines is 2. The van der Waals surface area contributed by atoms with E-state index in [1.807, 2.05) is 37.3 Å². The summed E-state index contributed by atoms with van der Waals surface area (Å²) in [5.41, 5.74) is 1.23. The first-order valence-electron chi connectivity index (χ1n) is 12.9. The van der Waals surface area contributed by atoms with Crippen LogP contribution in [0.4, 0.5) is 15.8 Å². The Bertz CT molecular complexity index is 1600. The molecule has 0 radical (unpaired) electrons. The number of hydrogen-bond donors (Lipinski definition) is 3. The Morgan fingerprint density at radius 3 is 2.31 bits per heavy atom. The summed E-state index contributed by atoms with van der Waals surface area (Å²) >= 11 is 9.76. The van der Waals surface area contributed by atoms with Crippen molar-refractivity contribution in [3.05, 3.63) is 128 Å². The van der Waals surface area contributed by atoms with E-state index >= 15 is 0 Å². The molecular formula is C32H26ClFIN3O3S. The van der Waals surface area contributed by atoms with Crippen LogP contribution in [0.3, 0.4) is 0 Å². The molecule has 0 saturated heterocycles. The molecule has 4 aromatic rings. The lowest BCUT2D eigenvalue weighted by Gasteiger charge is -2.16. The van der Waals surface area contributed by atoms with Crippen molar-refractivity contribution >= 4 is 81.1 Å². The summed E-state index contributed by atoms with van der Waals surface area (Å²) < 4.78 is 15.7. The highest BCUT2D eigenvalue weighted by molar-refractivity contribution is 14.1. The molecule has 1 atom stereocenters. The molecular weight excluding hydrogens is 688 g/mol. The maximum Gasteiger partial charge on any atom is 0.272 e. The second kappa shape index (κ2) is 15.0. The zero-order chi connectivity index (χ0) is 30.1. The fourth-order valence-electron chi connectivity index (χ4n) is 3.82. The normalized spacial score (nSPS) is 11.9. The molecule has 4 rings (SSSR count). The Kier molecular flexibility index (Phi) is 11.2. The van der Waals surface area contributed by atoms with E-state index in [0.717, 1.165) is 8.47 Å². The van der Waals surface area contributed by atoms with Crippen LogP contribution < -0.4 is 16.0 Å². The van der Waals surface area contributed by atoms with Crippen molar-refractivity contribution in [2.24, 2.45) is 0 Å². The highest BCUT2D eigenvalue weighted by Gasteiger charge is 2.20. The Morgan fingerprint density at radius 1 is 0.905 bits per heavy atom. The van der Waals surface area contributed by atoms with Gasteiger partial charge in [0.15, 0.2) is 0 Å². The Balaban J connectivity index is 1.53. The first-order valence-corrected chi connectivity index (χ1v) is 15.2. The maximum atomic E-state index is 14.6. The van der Waals surface area contributed by atoms with E-state index in [9.17, 15) is 18.8 Å². The number of amides is 3. The third-order valence-electron chi connectivity index (χ3n) is 5.96. The minimum absolute atomic E-state index is 0.0353. The minimum Gasteiger partial charge on any atom is -0.325 e. The number of nitrogens with one attached hydrogen (secondary N) is 3. The van der Waals surface area contributed by atoms with E-state index in [0.29, 0.717) is 23.4 Å². The van der Waals surface area contributed by atoms with E-state index in [2.05, 4.69) is 38.5 Å². The van der Waals surface area contributed by atoms with Gasteiger partial charge in [0.2, 0.25) is 5.91 Å². The number of rotatable bonds is 10. The van der Waals surface area contributed by atoms with Crippen molar-refractivity contribution in [2.75, 3.05) is 10.6 Å². The van der Waals surface area contributed by atoms with Gasteiger partial charge in [-0.2, -0.15) is 0 Å². The number of hydrogen-bond acceptors (Lipinski definition) is 4.